The van der Waals surface area contributed by atoms with Gasteiger partial charge in [-0.3, -0.25) is 13.9 Å². The first-order valence-corrected chi connectivity index (χ1v) is 13.0. The number of imidazole rings is 1. The Bertz CT molecular complexity index is 1470. The summed E-state index contributed by atoms with van der Waals surface area (Å²) in [6.07, 6.45) is 4.34. The lowest BCUT2D eigenvalue weighted by Crippen LogP contribution is -2.32. The first kappa shape index (κ1) is 24.6. The number of pyridine rings is 1. The van der Waals surface area contributed by atoms with Gasteiger partial charge in [0.15, 0.2) is 11.5 Å². The smallest absolute Gasteiger partial charge is 0.329 e. The van der Waals surface area contributed by atoms with Crippen molar-refractivity contribution in [3.63, 3.8) is 0 Å². The molecular formula is C29H32N4O4. The highest BCUT2D eigenvalue weighted by molar-refractivity contribution is 5.97. The van der Waals surface area contributed by atoms with Crippen LogP contribution in [0.3, 0.4) is 0 Å². The number of hydrogen-bond acceptors (Lipinski definition) is 5. The van der Waals surface area contributed by atoms with Crippen LogP contribution in [-0.2, 0) is 19.6 Å². The average Bonchev–Trinajstić information content (AvgIpc) is 3.20. The van der Waals surface area contributed by atoms with Crippen LogP contribution in [0.2, 0.25) is 0 Å². The van der Waals surface area contributed by atoms with E-state index in [0.29, 0.717) is 55.7 Å². The van der Waals surface area contributed by atoms with Gasteiger partial charge in [0, 0.05) is 37.0 Å². The van der Waals surface area contributed by atoms with Gasteiger partial charge in [0.1, 0.15) is 0 Å². The summed E-state index contributed by atoms with van der Waals surface area (Å²) in [4.78, 5) is 33.0. The third-order valence-electron chi connectivity index (χ3n) is 6.78. The molecule has 3 heterocycles. The molecule has 192 valence electrons. The lowest BCUT2D eigenvalue weighted by molar-refractivity contribution is 0.0739. The molecule has 0 spiro atoms. The number of nitrogens with zero attached hydrogens (tertiary/aromatic N) is 4. The summed E-state index contributed by atoms with van der Waals surface area (Å²) < 4.78 is 15.6. The summed E-state index contributed by atoms with van der Waals surface area (Å²) in [5, 5.41) is 0. The van der Waals surface area contributed by atoms with Crippen LogP contribution < -0.4 is 15.2 Å². The Kier molecular flexibility index (Phi) is 7.25. The van der Waals surface area contributed by atoms with Crippen molar-refractivity contribution in [3.8, 4) is 17.4 Å². The summed E-state index contributed by atoms with van der Waals surface area (Å²) in [5.74, 6) is 1.65. The lowest BCUT2D eigenvalue weighted by Gasteiger charge is -2.24. The minimum Gasteiger partial charge on any atom is -0.490 e. The Morgan fingerprint density at radius 3 is 2.51 bits per heavy atom. The molecule has 2 aromatic heterocycles. The molecular weight excluding hydrogens is 468 g/mol. The van der Waals surface area contributed by atoms with Gasteiger partial charge in [-0.2, -0.15) is 0 Å². The fraction of sp³-hybridized carbons (Fsp3) is 0.345. The van der Waals surface area contributed by atoms with E-state index >= 15 is 0 Å². The molecule has 0 atom stereocenters. The number of amides is 1. The highest BCUT2D eigenvalue weighted by Crippen LogP contribution is 2.33. The first-order valence-electron chi connectivity index (χ1n) is 13.0. The predicted octanol–water partition coefficient (Wildman–Crippen LogP) is 5.24. The maximum absolute atomic E-state index is 13.8. The summed E-state index contributed by atoms with van der Waals surface area (Å²) in [5.41, 5.74) is 2.95. The molecule has 5 rings (SSSR count). The molecule has 37 heavy (non-hydrogen) atoms. The Hall–Kier alpha value is -4.07. The number of para-hydroxylation sites is 2. The van der Waals surface area contributed by atoms with E-state index in [9.17, 15) is 9.59 Å². The molecule has 0 aliphatic carbocycles. The zero-order chi connectivity index (χ0) is 25.8. The standard InChI is InChI=1S/C29H32N4O4/c1-3-32-23-15-14-21(19-24(23)33(4-2)29(32)35)28(34)31-17-8-5-9-18-36-25-12-6-7-13-26(25)37-27-22(20-31)11-10-16-30-27/h6-7,10-16,19H,3-5,8-9,17-18,20H2,1-2H3. The molecule has 1 aliphatic heterocycles. The topological polar surface area (TPSA) is 78.6 Å². The SMILES string of the molecule is CCn1c(=O)n(CC)c2cc(C(=O)N3CCCCCOc4ccccc4Oc4ncccc4C3)ccc21. The average molecular weight is 501 g/mol. The third-order valence-corrected chi connectivity index (χ3v) is 6.78. The number of ether oxygens (including phenoxy) is 2. The van der Waals surface area contributed by atoms with Gasteiger partial charge >= 0.3 is 5.69 Å². The van der Waals surface area contributed by atoms with Gasteiger partial charge in [0.05, 0.1) is 24.2 Å². The van der Waals surface area contributed by atoms with Crippen LogP contribution in [0.5, 0.6) is 17.4 Å². The molecule has 4 aromatic rings. The minimum absolute atomic E-state index is 0.0494. The quantitative estimate of drug-likeness (QED) is 0.385. The van der Waals surface area contributed by atoms with Crippen LogP contribution in [0.1, 0.15) is 49.0 Å². The van der Waals surface area contributed by atoms with E-state index in [0.717, 1.165) is 35.9 Å². The summed E-state index contributed by atoms with van der Waals surface area (Å²) in [6.45, 7) is 6.55. The Morgan fingerprint density at radius 2 is 1.70 bits per heavy atom. The molecule has 8 heteroatoms. The number of aromatic nitrogens is 3. The number of aryl methyl sites for hydroxylation is 2. The Morgan fingerprint density at radius 1 is 0.919 bits per heavy atom. The van der Waals surface area contributed by atoms with Crippen molar-refractivity contribution in [3.05, 3.63) is 82.4 Å². The van der Waals surface area contributed by atoms with Gasteiger partial charge in [-0.05, 0) is 69.5 Å². The van der Waals surface area contributed by atoms with Crippen LogP contribution in [0.15, 0.2) is 65.6 Å². The number of hydrogen-bond donors (Lipinski definition) is 0. The zero-order valence-corrected chi connectivity index (χ0v) is 21.4. The molecule has 0 radical (unpaired) electrons. The van der Waals surface area contributed by atoms with E-state index in [-0.39, 0.29) is 11.6 Å². The number of carbonyl (C=O) groups is 1. The van der Waals surface area contributed by atoms with E-state index in [4.69, 9.17) is 9.47 Å². The Labute approximate surface area is 216 Å². The van der Waals surface area contributed by atoms with E-state index in [1.807, 2.05) is 73.3 Å². The number of benzene rings is 2. The van der Waals surface area contributed by atoms with Gasteiger partial charge in [0.25, 0.3) is 5.91 Å². The van der Waals surface area contributed by atoms with Crippen molar-refractivity contribution < 1.29 is 14.3 Å². The molecule has 0 N–H and O–H groups in total. The largest absolute Gasteiger partial charge is 0.490 e. The number of carbonyl (C=O) groups excluding carboxylic acids is 1. The van der Waals surface area contributed by atoms with Crippen molar-refractivity contribution >= 4 is 16.9 Å². The van der Waals surface area contributed by atoms with Gasteiger partial charge in [-0.15, -0.1) is 0 Å². The fourth-order valence-corrected chi connectivity index (χ4v) is 4.86. The van der Waals surface area contributed by atoms with E-state index < -0.39 is 0 Å². The van der Waals surface area contributed by atoms with Gasteiger partial charge < -0.3 is 14.4 Å². The molecule has 0 fully saturated rings. The Balaban J connectivity index is 1.50. The molecule has 0 saturated carbocycles. The highest BCUT2D eigenvalue weighted by Gasteiger charge is 2.21. The van der Waals surface area contributed by atoms with Crippen molar-refractivity contribution in [2.45, 2.75) is 52.7 Å². The molecule has 2 aromatic carbocycles. The summed E-state index contributed by atoms with van der Waals surface area (Å²) in [6, 6.07) is 16.9. The predicted molar refractivity (Wildman–Crippen MR) is 142 cm³/mol. The minimum atomic E-state index is -0.0809. The number of fused-ring (bicyclic) bond motifs is 3. The summed E-state index contributed by atoms with van der Waals surface area (Å²) in [7, 11) is 0. The summed E-state index contributed by atoms with van der Waals surface area (Å²) >= 11 is 0. The number of rotatable bonds is 3. The first-order chi connectivity index (χ1) is 18.1. The second-order valence-corrected chi connectivity index (χ2v) is 9.13. The second-order valence-electron chi connectivity index (χ2n) is 9.13. The van der Waals surface area contributed by atoms with Gasteiger partial charge in [-0.25, -0.2) is 9.78 Å². The third kappa shape index (κ3) is 4.96. The van der Waals surface area contributed by atoms with Crippen LogP contribution in [0.25, 0.3) is 11.0 Å². The highest BCUT2D eigenvalue weighted by atomic mass is 16.5. The zero-order valence-electron chi connectivity index (χ0n) is 21.4. The lowest BCUT2D eigenvalue weighted by atomic mass is 10.1. The van der Waals surface area contributed by atoms with E-state index in [2.05, 4.69) is 4.98 Å². The second kappa shape index (κ2) is 10.9. The molecule has 0 saturated heterocycles. The molecule has 1 amide bonds. The van der Waals surface area contributed by atoms with E-state index in [1.54, 1.807) is 15.3 Å². The molecule has 0 unspecified atom stereocenters. The monoisotopic (exact) mass is 500 g/mol. The van der Waals surface area contributed by atoms with Crippen LogP contribution >= 0.6 is 0 Å². The van der Waals surface area contributed by atoms with Crippen LogP contribution in [-0.4, -0.2) is 38.1 Å². The molecule has 1 aliphatic rings. The van der Waals surface area contributed by atoms with Crippen molar-refractivity contribution in [1.82, 2.24) is 19.0 Å². The van der Waals surface area contributed by atoms with Crippen LogP contribution in [0, 0.1) is 0 Å². The molecule has 8 nitrogen and oxygen atoms in total. The van der Waals surface area contributed by atoms with Crippen molar-refractivity contribution in [1.29, 1.82) is 0 Å². The van der Waals surface area contributed by atoms with E-state index in [1.165, 1.54) is 0 Å². The van der Waals surface area contributed by atoms with Crippen LogP contribution in [0.4, 0.5) is 0 Å². The maximum Gasteiger partial charge on any atom is 0.329 e. The van der Waals surface area contributed by atoms with Gasteiger partial charge in [-0.1, -0.05) is 18.2 Å². The normalized spacial score (nSPS) is 14.4. The molecule has 0 bridgehead atoms. The van der Waals surface area contributed by atoms with Gasteiger partial charge in [0.2, 0.25) is 5.88 Å². The fourth-order valence-electron chi connectivity index (χ4n) is 4.86. The van der Waals surface area contributed by atoms with Crippen molar-refractivity contribution in [2.24, 2.45) is 0 Å². The maximum atomic E-state index is 13.8. The van der Waals surface area contributed by atoms with Crippen molar-refractivity contribution in [2.75, 3.05) is 13.2 Å².